The van der Waals surface area contributed by atoms with E-state index in [0.29, 0.717) is 0 Å². The minimum Gasteiger partial charge on any atom is -0.481 e. The van der Waals surface area contributed by atoms with Crippen LogP contribution in [0.4, 0.5) is 13.2 Å². The van der Waals surface area contributed by atoms with Gasteiger partial charge in [-0.2, -0.15) is 13.2 Å². The van der Waals surface area contributed by atoms with E-state index in [9.17, 15) is 18.0 Å². The molecule has 0 fully saturated rings. The maximum atomic E-state index is 11.8. The molecule has 0 radical (unpaired) electrons. The first-order valence-electron chi connectivity index (χ1n) is 3.65. The lowest BCUT2D eigenvalue weighted by Crippen LogP contribution is -2.23. The first kappa shape index (κ1) is 12.2. The van der Waals surface area contributed by atoms with Crippen molar-refractivity contribution < 1.29 is 27.8 Å². The SMILES string of the molecule is COCC[C@@H](CC(F)(F)F)C(=O)O. The van der Waals surface area contributed by atoms with Gasteiger partial charge in [0.15, 0.2) is 0 Å². The molecule has 13 heavy (non-hydrogen) atoms. The largest absolute Gasteiger partial charge is 0.481 e. The zero-order chi connectivity index (χ0) is 10.5. The van der Waals surface area contributed by atoms with E-state index in [1.807, 2.05) is 0 Å². The summed E-state index contributed by atoms with van der Waals surface area (Å²) < 4.78 is 39.9. The third-order valence-electron chi connectivity index (χ3n) is 1.50. The van der Waals surface area contributed by atoms with Gasteiger partial charge in [-0.1, -0.05) is 0 Å². The fourth-order valence-corrected chi connectivity index (χ4v) is 0.852. The predicted molar refractivity (Wildman–Crippen MR) is 38.3 cm³/mol. The molecule has 0 aromatic rings. The minimum absolute atomic E-state index is 0.0209. The molecule has 3 nitrogen and oxygen atoms in total. The van der Waals surface area contributed by atoms with Gasteiger partial charge in [0.1, 0.15) is 0 Å². The Morgan fingerprint density at radius 1 is 1.54 bits per heavy atom. The molecule has 1 N–H and O–H groups in total. The zero-order valence-corrected chi connectivity index (χ0v) is 7.10. The summed E-state index contributed by atoms with van der Waals surface area (Å²) in [5.74, 6) is -2.84. The Bertz CT molecular complexity index is 167. The first-order chi connectivity index (χ1) is 5.87. The lowest BCUT2D eigenvalue weighted by atomic mass is 10.0. The fourth-order valence-electron chi connectivity index (χ4n) is 0.852. The molecule has 0 aliphatic heterocycles. The van der Waals surface area contributed by atoms with E-state index >= 15 is 0 Å². The summed E-state index contributed by atoms with van der Waals surface area (Å²) in [6.45, 7) is 0.0209. The Morgan fingerprint density at radius 3 is 2.38 bits per heavy atom. The summed E-state index contributed by atoms with van der Waals surface area (Å²) >= 11 is 0. The number of ether oxygens (including phenoxy) is 1. The summed E-state index contributed by atoms with van der Waals surface area (Å²) in [7, 11) is 1.31. The highest BCUT2D eigenvalue weighted by atomic mass is 19.4. The van der Waals surface area contributed by atoms with Crippen LogP contribution in [0.1, 0.15) is 12.8 Å². The van der Waals surface area contributed by atoms with E-state index in [2.05, 4.69) is 4.74 Å². The van der Waals surface area contributed by atoms with Gasteiger partial charge in [0.05, 0.1) is 12.3 Å². The van der Waals surface area contributed by atoms with Gasteiger partial charge >= 0.3 is 12.1 Å². The van der Waals surface area contributed by atoms with Crippen molar-refractivity contribution in [3.05, 3.63) is 0 Å². The Hall–Kier alpha value is -0.780. The summed E-state index contributed by atoms with van der Waals surface area (Å²) in [4.78, 5) is 10.3. The molecule has 0 aliphatic carbocycles. The monoisotopic (exact) mass is 200 g/mol. The number of carbonyl (C=O) groups is 1. The van der Waals surface area contributed by atoms with Crippen LogP contribution in [0.15, 0.2) is 0 Å². The molecule has 0 heterocycles. The van der Waals surface area contributed by atoms with Crippen LogP contribution in [0.3, 0.4) is 0 Å². The van der Waals surface area contributed by atoms with E-state index in [1.54, 1.807) is 0 Å². The van der Waals surface area contributed by atoms with Crippen LogP contribution in [0.25, 0.3) is 0 Å². The van der Waals surface area contributed by atoms with Crippen molar-refractivity contribution in [1.82, 2.24) is 0 Å². The summed E-state index contributed by atoms with van der Waals surface area (Å²) in [6, 6.07) is 0. The fraction of sp³-hybridized carbons (Fsp3) is 0.857. The number of rotatable bonds is 5. The van der Waals surface area contributed by atoms with Gasteiger partial charge in [-0.25, -0.2) is 0 Å². The molecule has 0 bridgehead atoms. The number of carboxylic acids is 1. The van der Waals surface area contributed by atoms with Crippen molar-refractivity contribution in [2.24, 2.45) is 5.92 Å². The Labute approximate surface area is 73.5 Å². The highest BCUT2D eigenvalue weighted by Gasteiger charge is 2.34. The maximum absolute atomic E-state index is 11.8. The highest BCUT2D eigenvalue weighted by Crippen LogP contribution is 2.26. The maximum Gasteiger partial charge on any atom is 0.389 e. The molecular formula is C7H11F3O3. The van der Waals surface area contributed by atoms with E-state index in [1.165, 1.54) is 7.11 Å². The molecule has 0 amide bonds. The van der Waals surface area contributed by atoms with Crippen molar-refractivity contribution in [3.63, 3.8) is 0 Å². The molecule has 0 spiro atoms. The minimum atomic E-state index is -4.43. The van der Waals surface area contributed by atoms with Crippen LogP contribution < -0.4 is 0 Å². The first-order valence-corrected chi connectivity index (χ1v) is 3.65. The molecule has 6 heteroatoms. The number of aliphatic carboxylic acids is 1. The summed E-state index contributed by atoms with van der Waals surface area (Å²) in [5, 5.41) is 8.41. The molecule has 78 valence electrons. The predicted octanol–water partition coefficient (Wildman–Crippen LogP) is 1.68. The normalized spacial score (nSPS) is 14.2. The van der Waals surface area contributed by atoms with Crippen LogP contribution in [0.2, 0.25) is 0 Å². The van der Waals surface area contributed by atoms with Crippen LogP contribution in [-0.4, -0.2) is 31.0 Å². The number of hydrogen-bond acceptors (Lipinski definition) is 2. The lowest BCUT2D eigenvalue weighted by Gasteiger charge is -2.13. The Balaban J connectivity index is 4.03. The second-order valence-electron chi connectivity index (χ2n) is 2.64. The number of hydrogen-bond donors (Lipinski definition) is 1. The van der Waals surface area contributed by atoms with Gasteiger partial charge in [0.2, 0.25) is 0 Å². The average molecular weight is 200 g/mol. The summed E-state index contributed by atoms with van der Waals surface area (Å²) in [6.07, 6.45) is -5.85. The molecular weight excluding hydrogens is 189 g/mol. The van der Waals surface area contributed by atoms with Crippen LogP contribution in [-0.2, 0) is 9.53 Å². The van der Waals surface area contributed by atoms with Gasteiger partial charge < -0.3 is 9.84 Å². The number of halogens is 3. The van der Waals surface area contributed by atoms with Crippen molar-refractivity contribution in [3.8, 4) is 0 Å². The van der Waals surface area contributed by atoms with Crippen LogP contribution in [0, 0.1) is 5.92 Å². The van der Waals surface area contributed by atoms with Crippen molar-refractivity contribution in [1.29, 1.82) is 0 Å². The number of alkyl halides is 3. The molecule has 1 atom stereocenters. The topological polar surface area (TPSA) is 46.5 Å². The molecule has 0 aromatic heterocycles. The van der Waals surface area contributed by atoms with E-state index in [4.69, 9.17) is 5.11 Å². The number of carboxylic acid groups (broad SMARTS) is 1. The van der Waals surface area contributed by atoms with E-state index in [-0.39, 0.29) is 13.0 Å². The standard InChI is InChI=1S/C7H11F3O3/c1-13-3-2-5(6(11)12)4-7(8,9)10/h5H,2-4H2,1H3,(H,11,12)/t5-/m0/s1. The quantitative estimate of drug-likeness (QED) is 0.734. The third-order valence-corrected chi connectivity index (χ3v) is 1.50. The lowest BCUT2D eigenvalue weighted by molar-refractivity contribution is -0.164. The Kier molecular flexibility index (Phi) is 4.76. The zero-order valence-electron chi connectivity index (χ0n) is 7.10. The van der Waals surface area contributed by atoms with Crippen molar-refractivity contribution in [2.45, 2.75) is 19.0 Å². The average Bonchev–Trinajstić information content (AvgIpc) is 1.95. The second-order valence-corrected chi connectivity index (χ2v) is 2.64. The van der Waals surface area contributed by atoms with E-state index in [0.717, 1.165) is 0 Å². The van der Waals surface area contributed by atoms with Crippen LogP contribution in [0.5, 0.6) is 0 Å². The molecule has 0 unspecified atom stereocenters. The molecule has 0 aliphatic rings. The molecule has 0 saturated carbocycles. The van der Waals surface area contributed by atoms with Crippen molar-refractivity contribution >= 4 is 5.97 Å². The van der Waals surface area contributed by atoms with Gasteiger partial charge in [-0.3, -0.25) is 4.79 Å². The molecule has 0 rings (SSSR count). The molecule has 0 saturated heterocycles. The van der Waals surface area contributed by atoms with E-state index < -0.39 is 24.5 Å². The smallest absolute Gasteiger partial charge is 0.389 e. The highest BCUT2D eigenvalue weighted by molar-refractivity contribution is 5.69. The van der Waals surface area contributed by atoms with Crippen molar-refractivity contribution in [2.75, 3.05) is 13.7 Å². The van der Waals surface area contributed by atoms with Gasteiger partial charge in [0.25, 0.3) is 0 Å². The summed E-state index contributed by atoms with van der Waals surface area (Å²) in [5.41, 5.74) is 0. The van der Waals surface area contributed by atoms with Crippen LogP contribution >= 0.6 is 0 Å². The molecule has 0 aromatic carbocycles. The van der Waals surface area contributed by atoms with Gasteiger partial charge in [-0.15, -0.1) is 0 Å². The second kappa shape index (κ2) is 5.06. The number of methoxy groups -OCH3 is 1. The van der Waals surface area contributed by atoms with Gasteiger partial charge in [0, 0.05) is 13.7 Å². The Morgan fingerprint density at radius 2 is 2.08 bits per heavy atom. The van der Waals surface area contributed by atoms with Gasteiger partial charge in [-0.05, 0) is 6.42 Å². The third kappa shape index (κ3) is 6.39.